The van der Waals surface area contributed by atoms with Crippen molar-refractivity contribution in [2.24, 2.45) is 0 Å². The Morgan fingerprint density at radius 3 is 2.68 bits per heavy atom. The number of rotatable bonds is 7. The smallest absolute Gasteiger partial charge is 0.330 e. The van der Waals surface area contributed by atoms with Gasteiger partial charge in [-0.3, -0.25) is 14.3 Å². The van der Waals surface area contributed by atoms with Crippen LogP contribution in [0.25, 0.3) is 10.6 Å². The number of aromatic nitrogens is 3. The molecular formula is C19H25N3O6SThU. The molecule has 0 radical (unpaired) electrons. The monoisotopic (exact) mass is 893 g/mol. The van der Waals surface area contributed by atoms with Gasteiger partial charge in [0.25, 0.3) is 5.56 Å². The summed E-state index contributed by atoms with van der Waals surface area (Å²) in [6, 6.07) is 0. The average Bonchev–Trinajstić information content (AvgIpc) is 3.35. The molecule has 2 aliphatic rings. The molecule has 0 aliphatic carbocycles. The van der Waals surface area contributed by atoms with E-state index in [9.17, 15) is 9.59 Å². The molecule has 12 heteroatoms. The van der Waals surface area contributed by atoms with E-state index in [1.54, 1.807) is 11.6 Å². The van der Waals surface area contributed by atoms with Crippen LogP contribution in [0.15, 0.2) is 27.4 Å². The molecule has 4 atom stereocenters. The van der Waals surface area contributed by atoms with Gasteiger partial charge in [0, 0.05) is 88.8 Å². The standard InChI is InChI=1S/C19H25N3O6S.Th.U/c1-10(2)25-8-19-9-26-13(14(19)27-11(3)4)17(28-19)22-7-12(15(23)21-18(22)24)16-20-5-6-29-16;;/h5-7,10-11,13-14,17H,8-9H2,1-4H3,(H,21,23,24);;/t13-,14+,17-,19+;;/m1../s1. The van der Waals surface area contributed by atoms with Crippen LogP contribution in [-0.4, -0.2) is 57.8 Å². The quantitative estimate of drug-likeness (QED) is 0.451. The molecular weight excluding hydrogens is 868 g/mol. The normalized spacial score (nSPS) is 26.8. The van der Waals surface area contributed by atoms with Crippen molar-refractivity contribution in [3.8, 4) is 10.6 Å². The second-order valence-electron chi connectivity index (χ2n) is 7.86. The SMILES string of the molecule is CC(C)OC[C@@]12CO[C@@H]([C@H](n3cc(-c4nccs4)c(=O)[nH]c3=O)O1)[C@@H]2OC(C)C.[Th].[U]. The average molecular weight is 894 g/mol. The summed E-state index contributed by atoms with van der Waals surface area (Å²) in [5.74, 6) is 0. The number of ether oxygens (including phenoxy) is 4. The van der Waals surface area contributed by atoms with E-state index in [1.807, 2.05) is 27.7 Å². The molecule has 4 rings (SSSR count). The van der Waals surface area contributed by atoms with Gasteiger partial charge in [-0.15, -0.1) is 11.3 Å². The third kappa shape index (κ3) is 5.61. The first-order chi connectivity index (χ1) is 13.8. The van der Waals surface area contributed by atoms with Gasteiger partial charge in [0.1, 0.15) is 22.8 Å². The zero-order valence-electron chi connectivity index (χ0n) is 17.8. The minimum atomic E-state index is -0.819. The van der Waals surface area contributed by atoms with Crippen LogP contribution in [0, 0.1) is 71.1 Å². The third-order valence-electron chi connectivity index (χ3n) is 4.96. The summed E-state index contributed by atoms with van der Waals surface area (Å²) in [5.41, 5.74) is -1.57. The Kier molecular flexibility index (Phi) is 10.1. The molecule has 2 aromatic heterocycles. The summed E-state index contributed by atoms with van der Waals surface area (Å²) in [5, 5.41) is 2.29. The minimum Gasteiger partial charge on any atom is -0.376 e. The predicted octanol–water partition coefficient (Wildman–Crippen LogP) is 1.55. The van der Waals surface area contributed by atoms with Crippen LogP contribution in [0.2, 0.25) is 0 Å². The molecule has 9 nitrogen and oxygen atoms in total. The molecule has 0 saturated carbocycles. The molecule has 4 heterocycles. The van der Waals surface area contributed by atoms with Crippen LogP contribution in [0.5, 0.6) is 0 Å². The van der Waals surface area contributed by atoms with Crippen molar-refractivity contribution in [1.29, 1.82) is 0 Å². The second kappa shape index (κ2) is 11.3. The van der Waals surface area contributed by atoms with Gasteiger partial charge in [0.05, 0.1) is 31.0 Å². The third-order valence-corrected chi connectivity index (χ3v) is 5.76. The minimum absolute atomic E-state index is 0. The first kappa shape index (κ1) is 27.8. The maximum Gasteiger partial charge on any atom is 0.330 e. The molecule has 0 amide bonds. The Bertz CT molecular complexity index is 982. The summed E-state index contributed by atoms with van der Waals surface area (Å²) in [6.45, 7) is 8.37. The maximum absolute atomic E-state index is 12.6. The fourth-order valence-electron chi connectivity index (χ4n) is 3.71. The van der Waals surface area contributed by atoms with Gasteiger partial charge in [0.2, 0.25) is 0 Å². The summed E-state index contributed by atoms with van der Waals surface area (Å²) in [4.78, 5) is 31.4. The van der Waals surface area contributed by atoms with Crippen LogP contribution in [-0.2, 0) is 18.9 Å². The molecule has 166 valence electrons. The van der Waals surface area contributed by atoms with E-state index in [4.69, 9.17) is 18.9 Å². The van der Waals surface area contributed by atoms with Gasteiger partial charge in [0.15, 0.2) is 6.23 Å². The number of H-pyrrole nitrogens is 1. The van der Waals surface area contributed by atoms with E-state index in [0.29, 0.717) is 17.2 Å². The number of aromatic amines is 1. The van der Waals surface area contributed by atoms with Gasteiger partial charge in [-0.05, 0) is 27.7 Å². The number of fused-ring (bicyclic) bond motifs is 2. The van der Waals surface area contributed by atoms with Crippen LogP contribution >= 0.6 is 11.3 Å². The zero-order chi connectivity index (χ0) is 20.8. The van der Waals surface area contributed by atoms with Crippen LogP contribution in [0.4, 0.5) is 0 Å². The predicted molar refractivity (Wildman–Crippen MR) is 106 cm³/mol. The summed E-state index contributed by atoms with van der Waals surface area (Å²) >= 11 is 1.32. The number of thiazole rings is 1. The van der Waals surface area contributed by atoms with Crippen molar-refractivity contribution < 1.29 is 90.0 Å². The van der Waals surface area contributed by atoms with E-state index in [0.717, 1.165) is 0 Å². The van der Waals surface area contributed by atoms with E-state index < -0.39 is 35.3 Å². The number of hydrogen-bond donors (Lipinski definition) is 1. The Hall–Kier alpha value is 0.527. The summed E-state index contributed by atoms with van der Waals surface area (Å²) in [7, 11) is 0. The van der Waals surface area contributed by atoms with Crippen molar-refractivity contribution in [2.75, 3.05) is 13.2 Å². The maximum atomic E-state index is 12.6. The first-order valence-corrected chi connectivity index (χ1v) is 10.5. The molecule has 0 aromatic carbocycles. The van der Waals surface area contributed by atoms with E-state index in [1.165, 1.54) is 22.1 Å². The van der Waals surface area contributed by atoms with E-state index in [2.05, 4.69) is 9.97 Å². The second-order valence-corrected chi connectivity index (χ2v) is 8.76. The Balaban J connectivity index is 0.00000171. The number of hydrogen-bond acceptors (Lipinski definition) is 8. The van der Waals surface area contributed by atoms with Gasteiger partial charge >= 0.3 is 5.69 Å². The molecule has 2 saturated heterocycles. The zero-order valence-corrected chi connectivity index (χ0v) is 26.9. The van der Waals surface area contributed by atoms with Crippen LogP contribution in [0.1, 0.15) is 33.9 Å². The van der Waals surface area contributed by atoms with Gasteiger partial charge < -0.3 is 18.9 Å². The van der Waals surface area contributed by atoms with Crippen molar-refractivity contribution in [3.05, 3.63) is 38.6 Å². The van der Waals surface area contributed by atoms with Crippen molar-refractivity contribution >= 4 is 11.3 Å². The molecule has 31 heavy (non-hydrogen) atoms. The fraction of sp³-hybridized carbons (Fsp3) is 0.632. The van der Waals surface area contributed by atoms with Crippen LogP contribution < -0.4 is 11.2 Å². The molecule has 1 N–H and O–H groups in total. The molecule has 0 spiro atoms. The Labute approximate surface area is 239 Å². The number of nitrogens with zero attached hydrogens (tertiary/aromatic N) is 2. The van der Waals surface area contributed by atoms with Crippen molar-refractivity contribution in [2.45, 2.75) is 63.9 Å². The van der Waals surface area contributed by atoms with Gasteiger partial charge in [-0.1, -0.05) is 0 Å². The van der Waals surface area contributed by atoms with Crippen LogP contribution in [0.3, 0.4) is 0 Å². The van der Waals surface area contributed by atoms with Crippen molar-refractivity contribution in [1.82, 2.24) is 14.5 Å². The summed E-state index contributed by atoms with van der Waals surface area (Å²) in [6.07, 6.45) is 1.41. The van der Waals surface area contributed by atoms with Gasteiger partial charge in [-0.25, -0.2) is 9.78 Å². The molecule has 2 fully saturated rings. The Morgan fingerprint density at radius 1 is 1.32 bits per heavy atom. The fourth-order valence-corrected chi connectivity index (χ4v) is 4.35. The topological polar surface area (TPSA) is 105 Å². The number of nitrogens with one attached hydrogen (secondary N) is 1. The molecule has 0 unspecified atom stereocenters. The first-order valence-electron chi connectivity index (χ1n) is 9.62. The van der Waals surface area contributed by atoms with E-state index >= 15 is 0 Å². The molecule has 2 bridgehead atoms. The largest absolute Gasteiger partial charge is 0.376 e. The molecule has 2 aliphatic heterocycles. The summed E-state index contributed by atoms with van der Waals surface area (Å²) < 4.78 is 25.6. The van der Waals surface area contributed by atoms with E-state index in [-0.39, 0.29) is 89.9 Å². The van der Waals surface area contributed by atoms with Crippen molar-refractivity contribution in [3.63, 3.8) is 0 Å². The molecule has 2 aromatic rings. The Morgan fingerprint density at radius 2 is 2.06 bits per heavy atom. The van der Waals surface area contributed by atoms with Gasteiger partial charge in [-0.2, -0.15) is 0 Å².